The molecule has 0 aromatic carbocycles. The minimum Gasteiger partial charge on any atom is -0.474 e. The molecule has 3 rings (SSSR count). The minimum atomic E-state index is -0.717. The fourth-order valence-electron chi connectivity index (χ4n) is 2.68. The molecule has 29 heavy (non-hydrogen) atoms. The number of hydrogen-bond donors (Lipinski definition) is 1. The van der Waals surface area contributed by atoms with Crippen molar-refractivity contribution >= 4 is 17.7 Å². The standard InChI is InChI=1S/C19H24FN5O4/c1-19(2,3)28-18(26)29-25-9-6-13(7-10-25)27-16-11-15(22-12-23-16)24-14-5-4-8-21-17(14)20/h4-5,8,11-13H,6-7,9-10H2,1-3H3,(H,22,23,24). The van der Waals surface area contributed by atoms with Gasteiger partial charge in [0.1, 0.15) is 23.9 Å². The van der Waals surface area contributed by atoms with Gasteiger partial charge in [0.25, 0.3) is 0 Å². The van der Waals surface area contributed by atoms with Crippen LogP contribution in [0.4, 0.5) is 20.7 Å². The highest BCUT2D eigenvalue weighted by atomic mass is 19.1. The molecule has 1 aliphatic rings. The van der Waals surface area contributed by atoms with Crippen LogP contribution in [0.5, 0.6) is 5.88 Å². The highest BCUT2D eigenvalue weighted by Crippen LogP contribution is 2.22. The van der Waals surface area contributed by atoms with E-state index in [1.165, 1.54) is 12.5 Å². The Hall–Kier alpha value is -3.01. The molecule has 0 radical (unpaired) electrons. The number of hydroxylamine groups is 2. The zero-order valence-corrected chi connectivity index (χ0v) is 16.6. The van der Waals surface area contributed by atoms with E-state index in [1.807, 2.05) is 0 Å². The Morgan fingerprint density at radius 3 is 2.69 bits per heavy atom. The molecule has 1 N–H and O–H groups in total. The molecule has 1 aliphatic heterocycles. The van der Waals surface area contributed by atoms with Crippen LogP contribution in [0.2, 0.25) is 0 Å². The van der Waals surface area contributed by atoms with Gasteiger partial charge in [-0.3, -0.25) is 0 Å². The lowest BCUT2D eigenvalue weighted by Crippen LogP contribution is -2.40. The summed E-state index contributed by atoms with van der Waals surface area (Å²) in [4.78, 5) is 28.7. The molecule has 0 spiro atoms. The van der Waals surface area contributed by atoms with Crippen molar-refractivity contribution in [2.75, 3.05) is 18.4 Å². The number of pyridine rings is 1. The first-order chi connectivity index (χ1) is 13.8. The zero-order valence-electron chi connectivity index (χ0n) is 16.6. The molecular formula is C19H24FN5O4. The topological polar surface area (TPSA) is 98.7 Å². The van der Waals surface area contributed by atoms with Crippen molar-refractivity contribution in [3.63, 3.8) is 0 Å². The van der Waals surface area contributed by atoms with Gasteiger partial charge < -0.3 is 19.6 Å². The molecule has 10 heteroatoms. The smallest absolute Gasteiger partial charge is 0.474 e. The zero-order chi connectivity index (χ0) is 20.9. The van der Waals surface area contributed by atoms with Crippen LogP contribution >= 0.6 is 0 Å². The SMILES string of the molecule is CC(C)(C)OC(=O)ON1CCC(Oc2cc(Nc3cccnc3F)ncn2)CC1. The number of halogens is 1. The lowest BCUT2D eigenvalue weighted by atomic mass is 10.1. The molecule has 9 nitrogen and oxygen atoms in total. The quantitative estimate of drug-likeness (QED) is 0.592. The van der Waals surface area contributed by atoms with Crippen molar-refractivity contribution in [2.24, 2.45) is 0 Å². The van der Waals surface area contributed by atoms with Crippen LogP contribution < -0.4 is 10.1 Å². The number of carbonyl (C=O) groups is 1. The van der Waals surface area contributed by atoms with E-state index in [0.29, 0.717) is 37.6 Å². The largest absolute Gasteiger partial charge is 0.528 e. The third-order valence-corrected chi connectivity index (χ3v) is 3.95. The maximum atomic E-state index is 13.7. The van der Waals surface area contributed by atoms with Gasteiger partial charge in [-0.2, -0.15) is 4.39 Å². The Kier molecular flexibility index (Phi) is 6.42. The highest BCUT2D eigenvalue weighted by molar-refractivity contribution is 5.60. The highest BCUT2D eigenvalue weighted by Gasteiger charge is 2.26. The van der Waals surface area contributed by atoms with Crippen molar-refractivity contribution in [3.8, 4) is 5.88 Å². The number of anilines is 2. The van der Waals surface area contributed by atoms with Crippen LogP contribution in [-0.2, 0) is 9.57 Å². The molecule has 0 atom stereocenters. The molecular weight excluding hydrogens is 381 g/mol. The minimum absolute atomic E-state index is 0.0913. The summed E-state index contributed by atoms with van der Waals surface area (Å²) in [6, 6.07) is 4.78. The average molecular weight is 405 g/mol. The normalized spacial score (nSPS) is 15.6. The lowest BCUT2D eigenvalue weighted by Gasteiger charge is -2.30. The number of ether oxygens (including phenoxy) is 2. The van der Waals surface area contributed by atoms with E-state index in [0.717, 1.165) is 0 Å². The first-order valence-electron chi connectivity index (χ1n) is 9.30. The summed E-state index contributed by atoms with van der Waals surface area (Å²) in [6.45, 7) is 6.37. The van der Waals surface area contributed by atoms with Crippen molar-refractivity contribution < 1.29 is 23.5 Å². The van der Waals surface area contributed by atoms with Gasteiger partial charge in [0.05, 0.1) is 5.69 Å². The summed E-state index contributed by atoms with van der Waals surface area (Å²) < 4.78 is 24.7. The van der Waals surface area contributed by atoms with Gasteiger partial charge in [0, 0.05) is 38.2 Å². The predicted molar refractivity (Wildman–Crippen MR) is 102 cm³/mol. The number of aromatic nitrogens is 3. The first-order valence-corrected chi connectivity index (χ1v) is 9.30. The number of piperidine rings is 1. The Morgan fingerprint density at radius 1 is 1.24 bits per heavy atom. The fourth-order valence-corrected chi connectivity index (χ4v) is 2.68. The van der Waals surface area contributed by atoms with Gasteiger partial charge in [-0.15, -0.1) is 5.06 Å². The lowest BCUT2D eigenvalue weighted by molar-refractivity contribution is -0.159. The van der Waals surface area contributed by atoms with E-state index in [2.05, 4.69) is 20.3 Å². The third kappa shape index (κ3) is 6.53. The van der Waals surface area contributed by atoms with E-state index in [4.69, 9.17) is 14.3 Å². The Balaban J connectivity index is 1.49. The summed E-state index contributed by atoms with van der Waals surface area (Å²) >= 11 is 0. The van der Waals surface area contributed by atoms with Crippen molar-refractivity contribution in [3.05, 3.63) is 36.7 Å². The van der Waals surface area contributed by atoms with Crippen LogP contribution in [0.25, 0.3) is 0 Å². The van der Waals surface area contributed by atoms with Gasteiger partial charge in [0.2, 0.25) is 11.8 Å². The van der Waals surface area contributed by atoms with E-state index in [-0.39, 0.29) is 11.8 Å². The maximum absolute atomic E-state index is 13.7. The molecule has 3 heterocycles. The second-order valence-electron chi connectivity index (χ2n) is 7.51. The van der Waals surface area contributed by atoms with Gasteiger partial charge in [-0.1, -0.05) is 0 Å². The summed E-state index contributed by atoms with van der Waals surface area (Å²) in [5, 5.41) is 4.41. The number of carbonyl (C=O) groups excluding carboxylic acids is 1. The van der Waals surface area contributed by atoms with Gasteiger partial charge in [-0.25, -0.2) is 19.7 Å². The number of nitrogens with one attached hydrogen (secondary N) is 1. The van der Waals surface area contributed by atoms with Crippen molar-refractivity contribution in [1.29, 1.82) is 0 Å². The van der Waals surface area contributed by atoms with E-state index in [9.17, 15) is 9.18 Å². The van der Waals surface area contributed by atoms with E-state index < -0.39 is 17.7 Å². The van der Waals surface area contributed by atoms with Crippen LogP contribution in [0.3, 0.4) is 0 Å². The Labute approximate surface area is 168 Å². The van der Waals surface area contributed by atoms with E-state index in [1.54, 1.807) is 44.0 Å². The summed E-state index contributed by atoms with van der Waals surface area (Å²) in [6.07, 6.45) is 3.19. The number of rotatable bonds is 5. The average Bonchev–Trinajstić information content (AvgIpc) is 2.64. The van der Waals surface area contributed by atoms with Crippen molar-refractivity contribution in [2.45, 2.75) is 45.3 Å². The molecule has 0 saturated carbocycles. The van der Waals surface area contributed by atoms with Crippen molar-refractivity contribution in [1.82, 2.24) is 20.0 Å². The van der Waals surface area contributed by atoms with Crippen LogP contribution in [0.1, 0.15) is 33.6 Å². The molecule has 0 amide bonds. The third-order valence-electron chi connectivity index (χ3n) is 3.95. The monoisotopic (exact) mass is 405 g/mol. The summed E-state index contributed by atoms with van der Waals surface area (Å²) in [5.41, 5.74) is -0.388. The molecule has 1 fully saturated rings. The second-order valence-corrected chi connectivity index (χ2v) is 7.51. The van der Waals surface area contributed by atoms with Crippen LogP contribution in [-0.4, -0.2) is 51.0 Å². The fraction of sp³-hybridized carbons (Fsp3) is 0.474. The summed E-state index contributed by atoms with van der Waals surface area (Å²) in [7, 11) is 0. The molecule has 0 unspecified atom stereocenters. The van der Waals surface area contributed by atoms with Gasteiger partial charge in [-0.05, 0) is 32.9 Å². The first kappa shape index (κ1) is 20.7. The summed E-state index contributed by atoms with van der Waals surface area (Å²) in [5.74, 6) is 0.150. The van der Waals surface area contributed by atoms with Gasteiger partial charge >= 0.3 is 6.16 Å². The Bertz CT molecular complexity index is 837. The molecule has 156 valence electrons. The Morgan fingerprint density at radius 2 is 2.00 bits per heavy atom. The molecule has 2 aromatic heterocycles. The molecule has 1 saturated heterocycles. The van der Waals surface area contributed by atoms with Gasteiger partial charge in [0.15, 0.2) is 0 Å². The molecule has 0 aliphatic carbocycles. The molecule has 2 aromatic rings. The number of nitrogens with zero attached hydrogens (tertiary/aromatic N) is 4. The molecule has 0 bridgehead atoms. The van der Waals surface area contributed by atoms with E-state index >= 15 is 0 Å². The predicted octanol–water partition coefficient (Wildman–Crippen LogP) is 3.46. The van der Waals surface area contributed by atoms with Crippen LogP contribution in [0, 0.1) is 5.95 Å². The number of hydrogen-bond acceptors (Lipinski definition) is 9. The van der Waals surface area contributed by atoms with Crippen LogP contribution in [0.15, 0.2) is 30.7 Å². The maximum Gasteiger partial charge on any atom is 0.528 e. The second kappa shape index (κ2) is 8.99.